The number of nitrogens with one attached hydrogen (secondary N) is 1. The monoisotopic (exact) mass is 298 g/mol. The van der Waals surface area contributed by atoms with Crippen molar-refractivity contribution < 1.29 is 4.74 Å². The molecule has 0 aromatic heterocycles. The summed E-state index contributed by atoms with van der Waals surface area (Å²) in [5.74, 6) is 0.990. The van der Waals surface area contributed by atoms with Crippen LogP contribution in [0.25, 0.3) is 0 Å². The number of nitrogens with zero attached hydrogens (tertiary/aromatic N) is 1. The van der Waals surface area contributed by atoms with E-state index in [2.05, 4.69) is 47.8 Å². The molecule has 108 valence electrons. The first-order valence-electron chi connectivity index (χ1n) is 6.95. The standard InChI is InChI=1S/C17H18N2OS/c1-20-11-13-6-5-9-15(10-13)18-17-19-16(12-21-17)14-7-3-2-4-8-14/h2-10,16H,11-12H2,1H3,(H,18,19). The van der Waals surface area contributed by atoms with Crippen molar-refractivity contribution in [1.29, 1.82) is 0 Å². The van der Waals surface area contributed by atoms with Crippen molar-refractivity contribution in [2.75, 3.05) is 18.2 Å². The molecule has 3 nitrogen and oxygen atoms in total. The molecule has 0 bridgehead atoms. The molecular formula is C17H18N2OS. The lowest BCUT2D eigenvalue weighted by atomic mass is 10.1. The molecule has 1 heterocycles. The summed E-state index contributed by atoms with van der Waals surface area (Å²) in [6.45, 7) is 0.627. The summed E-state index contributed by atoms with van der Waals surface area (Å²) in [4.78, 5) is 4.77. The molecule has 1 unspecified atom stereocenters. The zero-order valence-electron chi connectivity index (χ0n) is 12.0. The molecule has 1 aliphatic heterocycles. The van der Waals surface area contributed by atoms with Crippen LogP contribution in [0.1, 0.15) is 17.2 Å². The van der Waals surface area contributed by atoms with Crippen LogP contribution in [0.4, 0.5) is 5.69 Å². The Bertz CT molecular complexity index is 628. The molecule has 21 heavy (non-hydrogen) atoms. The Labute approximate surface area is 129 Å². The molecule has 1 aliphatic rings. The molecule has 2 aromatic carbocycles. The van der Waals surface area contributed by atoms with Crippen LogP contribution in [0.3, 0.4) is 0 Å². The van der Waals surface area contributed by atoms with Gasteiger partial charge in [-0.25, -0.2) is 0 Å². The SMILES string of the molecule is COCc1cccc(NC2=NC(c3ccccc3)CS2)c1. The Morgan fingerprint density at radius 3 is 2.86 bits per heavy atom. The largest absolute Gasteiger partial charge is 0.380 e. The Balaban J connectivity index is 1.70. The van der Waals surface area contributed by atoms with E-state index >= 15 is 0 Å². The van der Waals surface area contributed by atoms with Crippen molar-refractivity contribution in [3.63, 3.8) is 0 Å². The van der Waals surface area contributed by atoms with Crippen molar-refractivity contribution in [2.45, 2.75) is 12.6 Å². The average Bonchev–Trinajstić information content (AvgIpc) is 2.97. The van der Waals surface area contributed by atoms with E-state index in [9.17, 15) is 0 Å². The zero-order valence-corrected chi connectivity index (χ0v) is 12.8. The molecule has 0 saturated heterocycles. The molecule has 0 amide bonds. The van der Waals surface area contributed by atoms with Gasteiger partial charge in [0.15, 0.2) is 5.17 Å². The number of methoxy groups -OCH3 is 1. The van der Waals surface area contributed by atoms with Crippen molar-refractivity contribution in [3.8, 4) is 0 Å². The van der Waals surface area contributed by atoms with Gasteiger partial charge in [0.25, 0.3) is 0 Å². The number of anilines is 1. The summed E-state index contributed by atoms with van der Waals surface area (Å²) in [6.07, 6.45) is 0. The molecule has 4 heteroatoms. The average molecular weight is 298 g/mol. The third-order valence-corrected chi connectivity index (χ3v) is 4.29. The summed E-state index contributed by atoms with van der Waals surface area (Å²) < 4.78 is 5.16. The van der Waals surface area contributed by atoms with E-state index in [0.29, 0.717) is 6.61 Å². The number of ether oxygens (including phenoxy) is 1. The maximum atomic E-state index is 5.16. The van der Waals surface area contributed by atoms with Gasteiger partial charge in [-0.05, 0) is 23.3 Å². The first-order valence-corrected chi connectivity index (χ1v) is 7.94. The fourth-order valence-electron chi connectivity index (χ4n) is 2.32. The van der Waals surface area contributed by atoms with E-state index in [1.807, 2.05) is 12.1 Å². The maximum Gasteiger partial charge on any atom is 0.161 e. The zero-order chi connectivity index (χ0) is 14.5. The lowest BCUT2D eigenvalue weighted by Crippen LogP contribution is -2.05. The fourth-order valence-corrected chi connectivity index (χ4v) is 3.29. The lowest BCUT2D eigenvalue weighted by molar-refractivity contribution is 0.185. The van der Waals surface area contributed by atoms with Gasteiger partial charge in [-0.2, -0.15) is 0 Å². The summed E-state index contributed by atoms with van der Waals surface area (Å²) in [6, 6.07) is 18.9. The van der Waals surface area contributed by atoms with Crippen LogP contribution in [-0.2, 0) is 11.3 Å². The molecule has 0 saturated carbocycles. The van der Waals surface area contributed by atoms with Crippen LogP contribution in [0.15, 0.2) is 59.6 Å². The Morgan fingerprint density at radius 2 is 2.05 bits per heavy atom. The summed E-state index contributed by atoms with van der Waals surface area (Å²) >= 11 is 1.77. The van der Waals surface area contributed by atoms with Gasteiger partial charge in [0.2, 0.25) is 0 Å². The van der Waals surface area contributed by atoms with Gasteiger partial charge in [0.05, 0.1) is 12.6 Å². The molecule has 1 atom stereocenters. The number of hydrogen-bond acceptors (Lipinski definition) is 4. The van der Waals surface area contributed by atoms with Crippen molar-refractivity contribution in [3.05, 3.63) is 65.7 Å². The third kappa shape index (κ3) is 3.65. The maximum absolute atomic E-state index is 5.16. The first-order chi connectivity index (χ1) is 10.3. The Hall–Kier alpha value is -1.78. The molecular weight excluding hydrogens is 280 g/mol. The fraction of sp³-hybridized carbons (Fsp3) is 0.235. The minimum Gasteiger partial charge on any atom is -0.380 e. The molecule has 3 rings (SSSR count). The second kappa shape index (κ2) is 6.78. The number of rotatable bonds is 4. The van der Waals surface area contributed by atoms with Gasteiger partial charge in [-0.1, -0.05) is 54.2 Å². The molecule has 1 N–H and O–H groups in total. The van der Waals surface area contributed by atoms with Crippen LogP contribution in [0.2, 0.25) is 0 Å². The lowest BCUT2D eigenvalue weighted by Gasteiger charge is -2.07. The van der Waals surface area contributed by atoms with Gasteiger partial charge < -0.3 is 10.1 Å². The molecule has 0 fully saturated rings. The molecule has 0 radical (unpaired) electrons. The van der Waals surface area contributed by atoms with Gasteiger partial charge in [0, 0.05) is 18.6 Å². The van der Waals surface area contributed by atoms with E-state index < -0.39 is 0 Å². The smallest absolute Gasteiger partial charge is 0.161 e. The minimum absolute atomic E-state index is 0.251. The van der Waals surface area contributed by atoms with Crippen molar-refractivity contribution in [2.24, 2.45) is 4.99 Å². The van der Waals surface area contributed by atoms with Crippen LogP contribution in [0.5, 0.6) is 0 Å². The number of benzene rings is 2. The molecule has 2 aromatic rings. The van der Waals surface area contributed by atoms with Crippen LogP contribution < -0.4 is 5.32 Å². The van der Waals surface area contributed by atoms with Crippen LogP contribution >= 0.6 is 11.8 Å². The number of hydrogen-bond donors (Lipinski definition) is 1. The van der Waals surface area contributed by atoms with E-state index in [1.54, 1.807) is 18.9 Å². The van der Waals surface area contributed by atoms with Crippen LogP contribution in [0, 0.1) is 0 Å². The van der Waals surface area contributed by atoms with Gasteiger partial charge in [-0.15, -0.1) is 0 Å². The van der Waals surface area contributed by atoms with E-state index in [-0.39, 0.29) is 6.04 Å². The minimum atomic E-state index is 0.251. The highest BCUT2D eigenvalue weighted by Crippen LogP contribution is 2.30. The van der Waals surface area contributed by atoms with E-state index in [1.165, 1.54) is 5.56 Å². The number of thioether (sulfide) groups is 1. The number of aliphatic imine (C=N–C) groups is 1. The highest BCUT2D eigenvalue weighted by molar-refractivity contribution is 8.14. The highest BCUT2D eigenvalue weighted by atomic mass is 32.2. The van der Waals surface area contributed by atoms with Gasteiger partial charge in [0.1, 0.15) is 0 Å². The van der Waals surface area contributed by atoms with Gasteiger partial charge >= 0.3 is 0 Å². The molecule has 0 aliphatic carbocycles. The summed E-state index contributed by atoms with van der Waals surface area (Å²) in [5.41, 5.74) is 3.49. The summed E-state index contributed by atoms with van der Waals surface area (Å²) in [5, 5.41) is 4.38. The highest BCUT2D eigenvalue weighted by Gasteiger charge is 2.19. The predicted octanol–water partition coefficient (Wildman–Crippen LogP) is 4.09. The topological polar surface area (TPSA) is 33.6 Å². The predicted molar refractivity (Wildman–Crippen MR) is 89.9 cm³/mol. The van der Waals surface area contributed by atoms with Gasteiger partial charge in [-0.3, -0.25) is 4.99 Å². The number of amidine groups is 1. The summed E-state index contributed by atoms with van der Waals surface area (Å²) in [7, 11) is 1.71. The molecule has 0 spiro atoms. The Morgan fingerprint density at radius 1 is 1.19 bits per heavy atom. The normalized spacial score (nSPS) is 17.6. The van der Waals surface area contributed by atoms with E-state index in [4.69, 9.17) is 9.73 Å². The third-order valence-electron chi connectivity index (χ3n) is 3.32. The van der Waals surface area contributed by atoms with Crippen molar-refractivity contribution in [1.82, 2.24) is 0 Å². The Kier molecular flexibility index (Phi) is 4.58. The van der Waals surface area contributed by atoms with Crippen molar-refractivity contribution >= 4 is 22.6 Å². The first kappa shape index (κ1) is 14.2. The van der Waals surface area contributed by atoms with E-state index in [0.717, 1.165) is 22.2 Å². The second-order valence-corrected chi connectivity index (χ2v) is 5.94. The quantitative estimate of drug-likeness (QED) is 0.923. The van der Waals surface area contributed by atoms with Crippen LogP contribution in [-0.4, -0.2) is 18.0 Å². The second-order valence-electron chi connectivity index (χ2n) is 4.93.